The van der Waals surface area contributed by atoms with Crippen LogP contribution in [-0.2, 0) is 26.2 Å². The zero-order valence-electron chi connectivity index (χ0n) is 14.2. The van der Waals surface area contributed by atoms with E-state index in [2.05, 4.69) is 39.2 Å². The maximum absolute atomic E-state index is 9.64. The second-order valence-corrected chi connectivity index (χ2v) is 4.13. The number of hydrogen-bond donors (Lipinski definition) is 0. The van der Waals surface area contributed by atoms with E-state index >= 15 is 0 Å². The molecule has 1 aliphatic rings. The Morgan fingerprint density at radius 3 is 1.68 bits per heavy atom. The molecule has 0 unspecified atom stereocenters. The van der Waals surface area contributed by atoms with Crippen molar-refractivity contribution in [2.75, 3.05) is 13.2 Å². The summed E-state index contributed by atoms with van der Waals surface area (Å²) < 4.78 is 0. The minimum Gasteiger partial charge on any atom is -0.854 e. The van der Waals surface area contributed by atoms with Crippen LogP contribution in [0, 0.1) is 13.0 Å². The molecule has 3 heteroatoms. The summed E-state index contributed by atoms with van der Waals surface area (Å²) in [5.41, 5.74) is 0. The summed E-state index contributed by atoms with van der Waals surface area (Å²) in [6, 6.07) is 0. The molecule has 0 bridgehead atoms. The molecule has 0 spiro atoms. The van der Waals surface area contributed by atoms with Gasteiger partial charge in [-0.3, -0.25) is 6.08 Å². The van der Waals surface area contributed by atoms with Gasteiger partial charge in [0.05, 0.1) is 0 Å². The summed E-state index contributed by atoms with van der Waals surface area (Å²) in [7, 11) is 0. The van der Waals surface area contributed by atoms with Crippen molar-refractivity contribution in [3.63, 3.8) is 0 Å². The zero-order chi connectivity index (χ0) is 16.6. The van der Waals surface area contributed by atoms with Crippen molar-refractivity contribution in [2.45, 2.75) is 51.9 Å². The first-order valence-corrected chi connectivity index (χ1v) is 7.63. The van der Waals surface area contributed by atoms with Crippen molar-refractivity contribution in [1.29, 1.82) is 0 Å². The van der Waals surface area contributed by atoms with E-state index in [-0.39, 0.29) is 39.4 Å². The van der Waals surface area contributed by atoms with Gasteiger partial charge in [-0.15, -0.1) is 32.8 Å². The molecule has 0 aromatic rings. The Hall–Kier alpha value is -0.237. The van der Waals surface area contributed by atoms with E-state index < -0.39 is 0 Å². The molecular formula is C19H32O2Zr. The van der Waals surface area contributed by atoms with Gasteiger partial charge in [0.25, 0.3) is 0 Å². The Kier molecular flexibility index (Phi) is 50.3. The monoisotopic (exact) mass is 382 g/mol. The van der Waals surface area contributed by atoms with Crippen molar-refractivity contribution in [3.05, 3.63) is 56.5 Å². The zero-order valence-corrected chi connectivity index (χ0v) is 16.6. The fraction of sp³-hybridized carbons (Fsp3) is 0.526. The van der Waals surface area contributed by atoms with Gasteiger partial charge in [-0.2, -0.15) is 12.5 Å². The number of allylic oxidation sites excluding steroid dienone is 6. The van der Waals surface area contributed by atoms with Crippen molar-refractivity contribution >= 4 is 0 Å². The Morgan fingerprint density at radius 1 is 1.14 bits per heavy atom. The molecule has 0 aromatic carbocycles. The molecule has 0 saturated carbocycles. The van der Waals surface area contributed by atoms with Gasteiger partial charge in [-0.25, -0.2) is 12.2 Å². The predicted molar refractivity (Wildman–Crippen MR) is 90.4 cm³/mol. The quantitative estimate of drug-likeness (QED) is 0.383. The third-order valence-corrected chi connectivity index (χ3v) is 2.04. The summed E-state index contributed by atoms with van der Waals surface area (Å²) in [5, 5.41) is 19.3. The molecule has 0 amide bonds. The van der Waals surface area contributed by atoms with Gasteiger partial charge in [0, 0.05) is 0 Å². The largest absolute Gasteiger partial charge is 4.00 e. The van der Waals surface area contributed by atoms with Crippen LogP contribution in [-0.4, -0.2) is 13.2 Å². The van der Waals surface area contributed by atoms with Crippen molar-refractivity contribution in [2.24, 2.45) is 0 Å². The molecule has 0 saturated heterocycles. The van der Waals surface area contributed by atoms with E-state index in [0.29, 0.717) is 0 Å². The minimum atomic E-state index is 0. The van der Waals surface area contributed by atoms with E-state index in [1.54, 1.807) is 12.2 Å². The van der Waals surface area contributed by atoms with Crippen LogP contribution in [0.3, 0.4) is 0 Å². The topological polar surface area (TPSA) is 46.1 Å². The smallest absolute Gasteiger partial charge is 0.854 e. The van der Waals surface area contributed by atoms with E-state index in [9.17, 15) is 10.2 Å². The fourth-order valence-corrected chi connectivity index (χ4v) is 0.796. The Balaban J connectivity index is -0.0000000977. The maximum atomic E-state index is 9.64. The molecule has 0 aromatic heterocycles. The molecule has 0 heterocycles. The van der Waals surface area contributed by atoms with E-state index in [4.69, 9.17) is 0 Å². The molecule has 0 radical (unpaired) electrons. The number of hydrogen-bond acceptors (Lipinski definition) is 2. The molecule has 22 heavy (non-hydrogen) atoms. The van der Waals surface area contributed by atoms with Gasteiger partial charge in [0.1, 0.15) is 0 Å². The molecule has 0 fully saturated rings. The molecule has 0 N–H and O–H groups in total. The molecule has 2 nitrogen and oxygen atoms in total. The van der Waals surface area contributed by atoms with Gasteiger partial charge in [-0.1, -0.05) is 38.3 Å². The number of unbranched alkanes of at least 4 members (excludes halogenated alkanes) is 3. The van der Waals surface area contributed by atoms with Crippen LogP contribution in [0.4, 0.5) is 0 Å². The van der Waals surface area contributed by atoms with E-state index in [1.165, 1.54) is 6.42 Å². The van der Waals surface area contributed by atoms with Crippen LogP contribution in [0.2, 0.25) is 0 Å². The molecule has 1 aliphatic carbocycles. The Bertz CT molecular complexity index is 212. The Morgan fingerprint density at radius 2 is 1.59 bits per heavy atom. The van der Waals surface area contributed by atoms with Crippen LogP contribution < -0.4 is 10.2 Å². The van der Waals surface area contributed by atoms with Gasteiger partial charge in [0.2, 0.25) is 0 Å². The van der Waals surface area contributed by atoms with Gasteiger partial charge >= 0.3 is 26.2 Å². The summed E-state index contributed by atoms with van der Waals surface area (Å²) in [4.78, 5) is 0. The third kappa shape index (κ3) is 50.3. The minimum absolute atomic E-state index is 0. The molecule has 0 atom stereocenters. The summed E-state index contributed by atoms with van der Waals surface area (Å²) in [6.45, 7) is 12.7. The molecule has 124 valence electrons. The first-order valence-electron chi connectivity index (χ1n) is 7.63. The Labute approximate surface area is 157 Å². The average Bonchev–Trinajstić information content (AvgIpc) is 3.11. The van der Waals surface area contributed by atoms with Crippen LogP contribution >= 0.6 is 0 Å². The number of rotatable bonds is 7. The predicted octanol–water partition coefficient (Wildman–Crippen LogP) is 3.55. The first-order chi connectivity index (χ1) is 10.2. The van der Waals surface area contributed by atoms with E-state index in [0.717, 1.165) is 38.5 Å². The summed E-state index contributed by atoms with van der Waals surface area (Å²) >= 11 is 0. The normalized spacial score (nSPS) is 9.82. The van der Waals surface area contributed by atoms with Crippen LogP contribution in [0.15, 0.2) is 43.5 Å². The summed E-state index contributed by atoms with van der Waals surface area (Å²) in [5.74, 6) is 0. The average molecular weight is 384 g/mol. The first kappa shape index (κ1) is 29.7. The van der Waals surface area contributed by atoms with Crippen molar-refractivity contribution < 1.29 is 36.4 Å². The van der Waals surface area contributed by atoms with Crippen molar-refractivity contribution in [3.8, 4) is 0 Å². The van der Waals surface area contributed by atoms with Gasteiger partial charge in [-0.05, 0) is 12.8 Å². The fourth-order valence-electron chi connectivity index (χ4n) is 0.796. The van der Waals surface area contributed by atoms with E-state index in [1.807, 2.05) is 12.2 Å². The molecular weight excluding hydrogens is 351 g/mol. The standard InChI is InChI=1S/2C5H9O.C5H5.C4H9.Zr/c2*1-2-3-4-5-6;1-2-4-5-3-1;1-3-4-2;/h2*2H,1,3-5H2;1-3H,4H2;1,3-4H2,2H3;/q4*-1;+4. The second-order valence-electron chi connectivity index (χ2n) is 4.13. The molecule has 0 aliphatic heterocycles. The van der Waals surface area contributed by atoms with Gasteiger partial charge < -0.3 is 17.1 Å². The molecule has 1 rings (SSSR count). The SMILES string of the molecule is C=CCCC[O-].C=CCCC[O-].[C-]1=CC=CC1.[CH2-]CCC.[Zr+4]. The van der Waals surface area contributed by atoms with Gasteiger partial charge in [0.15, 0.2) is 0 Å². The summed E-state index contributed by atoms with van der Waals surface area (Å²) in [6.07, 6.45) is 19.0. The van der Waals surface area contributed by atoms with Crippen LogP contribution in [0.5, 0.6) is 0 Å². The second kappa shape index (κ2) is 37.2. The third-order valence-electron chi connectivity index (χ3n) is 2.04. The van der Waals surface area contributed by atoms with Crippen LogP contribution in [0.1, 0.15) is 51.9 Å². The van der Waals surface area contributed by atoms with Crippen molar-refractivity contribution in [1.82, 2.24) is 0 Å². The van der Waals surface area contributed by atoms with Crippen LogP contribution in [0.25, 0.3) is 0 Å². The maximum Gasteiger partial charge on any atom is 4.00 e.